The molecule has 0 saturated carbocycles. The van der Waals surface area contributed by atoms with Crippen LogP contribution >= 0.6 is 0 Å². The lowest BCUT2D eigenvalue weighted by Crippen LogP contribution is -2.49. The quantitative estimate of drug-likeness (QED) is 0.885. The van der Waals surface area contributed by atoms with Crippen molar-refractivity contribution in [3.63, 3.8) is 0 Å². The molecule has 18 heavy (non-hydrogen) atoms. The zero-order valence-corrected chi connectivity index (χ0v) is 11.1. The summed E-state index contributed by atoms with van der Waals surface area (Å²) >= 11 is 0. The van der Waals surface area contributed by atoms with Gasteiger partial charge in [-0.1, -0.05) is 18.5 Å². The van der Waals surface area contributed by atoms with Gasteiger partial charge in [0, 0.05) is 19.1 Å². The van der Waals surface area contributed by atoms with Gasteiger partial charge in [0.05, 0.1) is 6.20 Å². The Hall–Kier alpha value is -1.36. The number of carbonyl (C=O) groups is 1. The van der Waals surface area contributed by atoms with Crippen molar-refractivity contribution in [3.8, 4) is 0 Å². The van der Waals surface area contributed by atoms with Gasteiger partial charge in [-0.3, -0.25) is 4.79 Å². The predicted octanol–water partition coefficient (Wildman–Crippen LogP) is 1.57. The Morgan fingerprint density at radius 1 is 1.67 bits per heavy atom. The van der Waals surface area contributed by atoms with Crippen LogP contribution < -0.4 is 5.73 Å². The molecule has 2 N–H and O–H groups in total. The number of piperidine rings is 1. The standard InChI is InChI=1S/C13H21N3O2/c1-3-10-4-5-16(11(6-10)7-14)13(17)12-8-15-18-9(12)2/h8,10-11H,3-7,14H2,1-2H3. The molecule has 1 aromatic heterocycles. The van der Waals surface area contributed by atoms with Gasteiger partial charge < -0.3 is 15.2 Å². The number of likely N-dealkylation sites (tertiary alicyclic amines) is 1. The maximum absolute atomic E-state index is 12.4. The largest absolute Gasteiger partial charge is 0.361 e. The molecule has 0 spiro atoms. The van der Waals surface area contributed by atoms with Crippen LogP contribution in [-0.4, -0.2) is 35.1 Å². The van der Waals surface area contributed by atoms with Crippen molar-refractivity contribution >= 4 is 5.91 Å². The highest BCUT2D eigenvalue weighted by atomic mass is 16.5. The molecule has 2 unspecified atom stereocenters. The Morgan fingerprint density at radius 2 is 2.44 bits per heavy atom. The third-order valence-corrected chi connectivity index (χ3v) is 3.92. The molecular formula is C13H21N3O2. The third kappa shape index (κ3) is 2.41. The Balaban J connectivity index is 2.13. The number of aryl methyl sites for hydroxylation is 1. The van der Waals surface area contributed by atoms with Crippen molar-refractivity contribution in [1.82, 2.24) is 10.1 Å². The number of nitrogens with two attached hydrogens (primary N) is 1. The molecule has 0 aliphatic carbocycles. The zero-order chi connectivity index (χ0) is 13.1. The molecule has 100 valence electrons. The van der Waals surface area contributed by atoms with E-state index in [0.717, 1.165) is 25.8 Å². The van der Waals surface area contributed by atoms with Crippen LogP contribution in [0.2, 0.25) is 0 Å². The minimum absolute atomic E-state index is 0.00115. The number of hydrogen-bond donors (Lipinski definition) is 1. The number of amides is 1. The van der Waals surface area contributed by atoms with Crippen LogP contribution in [0.3, 0.4) is 0 Å². The van der Waals surface area contributed by atoms with E-state index in [-0.39, 0.29) is 11.9 Å². The third-order valence-electron chi connectivity index (χ3n) is 3.92. The molecular weight excluding hydrogens is 230 g/mol. The van der Waals surface area contributed by atoms with E-state index >= 15 is 0 Å². The average molecular weight is 251 g/mol. The van der Waals surface area contributed by atoms with Crippen molar-refractivity contribution in [2.75, 3.05) is 13.1 Å². The summed E-state index contributed by atoms with van der Waals surface area (Å²) in [5.41, 5.74) is 6.37. The van der Waals surface area contributed by atoms with Crippen molar-refractivity contribution in [2.24, 2.45) is 11.7 Å². The molecule has 1 fully saturated rings. The van der Waals surface area contributed by atoms with Gasteiger partial charge in [0.2, 0.25) is 0 Å². The van der Waals surface area contributed by atoms with Gasteiger partial charge in [-0.25, -0.2) is 0 Å². The van der Waals surface area contributed by atoms with Gasteiger partial charge in [0.15, 0.2) is 0 Å². The summed E-state index contributed by atoms with van der Waals surface area (Å²) in [7, 11) is 0. The molecule has 5 heteroatoms. The van der Waals surface area contributed by atoms with Crippen LogP contribution in [0.25, 0.3) is 0 Å². The van der Waals surface area contributed by atoms with Gasteiger partial charge in [-0.2, -0.15) is 0 Å². The summed E-state index contributed by atoms with van der Waals surface area (Å²) in [6.07, 6.45) is 4.72. The lowest BCUT2D eigenvalue weighted by molar-refractivity contribution is 0.0557. The van der Waals surface area contributed by atoms with Gasteiger partial charge >= 0.3 is 0 Å². The molecule has 5 nitrogen and oxygen atoms in total. The van der Waals surface area contributed by atoms with Crippen LogP contribution in [0.4, 0.5) is 0 Å². The zero-order valence-electron chi connectivity index (χ0n) is 11.1. The van der Waals surface area contributed by atoms with Crippen LogP contribution in [0, 0.1) is 12.8 Å². The van der Waals surface area contributed by atoms with Crippen molar-refractivity contribution in [1.29, 1.82) is 0 Å². The first-order valence-corrected chi connectivity index (χ1v) is 6.59. The number of aromatic nitrogens is 1. The summed E-state index contributed by atoms with van der Waals surface area (Å²) in [5.74, 6) is 1.26. The van der Waals surface area contributed by atoms with E-state index in [2.05, 4.69) is 12.1 Å². The van der Waals surface area contributed by atoms with E-state index in [9.17, 15) is 4.79 Å². The Kier molecular flexibility index (Phi) is 4.01. The summed E-state index contributed by atoms with van der Waals surface area (Å²) < 4.78 is 4.96. The van der Waals surface area contributed by atoms with Crippen LogP contribution in [0.5, 0.6) is 0 Å². The SMILES string of the molecule is CCC1CCN(C(=O)c2cnoc2C)C(CN)C1. The number of rotatable bonds is 3. The molecule has 0 radical (unpaired) electrons. The lowest BCUT2D eigenvalue weighted by atomic mass is 9.88. The highest BCUT2D eigenvalue weighted by Gasteiger charge is 2.31. The average Bonchev–Trinajstić information content (AvgIpc) is 2.83. The molecule has 0 bridgehead atoms. The summed E-state index contributed by atoms with van der Waals surface area (Å²) in [6, 6.07) is 0.144. The molecule has 1 amide bonds. The molecule has 2 heterocycles. The number of carbonyl (C=O) groups excluding carboxylic acids is 1. The maximum Gasteiger partial charge on any atom is 0.259 e. The molecule has 1 aliphatic rings. The first-order valence-electron chi connectivity index (χ1n) is 6.59. The molecule has 2 atom stereocenters. The molecule has 1 aliphatic heterocycles. The highest BCUT2D eigenvalue weighted by molar-refractivity contribution is 5.95. The van der Waals surface area contributed by atoms with E-state index in [1.807, 2.05) is 4.90 Å². The van der Waals surface area contributed by atoms with Gasteiger partial charge in [0.1, 0.15) is 11.3 Å². The number of nitrogens with zero attached hydrogens (tertiary/aromatic N) is 2. The molecule has 2 rings (SSSR count). The Labute approximate surface area is 107 Å². The second kappa shape index (κ2) is 5.52. The fraction of sp³-hybridized carbons (Fsp3) is 0.692. The lowest BCUT2D eigenvalue weighted by Gasteiger charge is -2.38. The minimum atomic E-state index is -0.00115. The molecule has 1 aromatic rings. The van der Waals surface area contributed by atoms with E-state index in [1.54, 1.807) is 6.92 Å². The molecule has 1 saturated heterocycles. The Morgan fingerprint density at radius 3 is 3.00 bits per heavy atom. The van der Waals surface area contributed by atoms with Crippen molar-refractivity contribution < 1.29 is 9.32 Å². The normalized spacial score (nSPS) is 24.3. The highest BCUT2D eigenvalue weighted by Crippen LogP contribution is 2.26. The predicted molar refractivity (Wildman–Crippen MR) is 68.1 cm³/mol. The van der Waals surface area contributed by atoms with Crippen LogP contribution in [0.15, 0.2) is 10.7 Å². The topological polar surface area (TPSA) is 72.4 Å². The summed E-state index contributed by atoms with van der Waals surface area (Å²) in [4.78, 5) is 14.3. The van der Waals surface area contributed by atoms with Crippen LogP contribution in [-0.2, 0) is 0 Å². The first kappa shape index (κ1) is 13.1. The smallest absolute Gasteiger partial charge is 0.259 e. The molecule has 0 aromatic carbocycles. The van der Waals surface area contributed by atoms with Gasteiger partial charge in [-0.15, -0.1) is 0 Å². The van der Waals surface area contributed by atoms with E-state index in [1.165, 1.54) is 6.20 Å². The van der Waals surface area contributed by atoms with Crippen molar-refractivity contribution in [3.05, 3.63) is 17.5 Å². The van der Waals surface area contributed by atoms with Crippen LogP contribution in [0.1, 0.15) is 42.3 Å². The Bertz CT molecular complexity index is 416. The fourth-order valence-electron chi connectivity index (χ4n) is 2.65. The van der Waals surface area contributed by atoms with Gasteiger partial charge in [-0.05, 0) is 25.7 Å². The van der Waals surface area contributed by atoms with E-state index in [4.69, 9.17) is 10.3 Å². The second-order valence-electron chi connectivity index (χ2n) is 4.98. The monoisotopic (exact) mass is 251 g/mol. The van der Waals surface area contributed by atoms with Gasteiger partial charge in [0.25, 0.3) is 5.91 Å². The van der Waals surface area contributed by atoms with Crippen molar-refractivity contribution in [2.45, 2.75) is 39.2 Å². The minimum Gasteiger partial charge on any atom is -0.361 e. The van der Waals surface area contributed by atoms with E-state index < -0.39 is 0 Å². The van der Waals surface area contributed by atoms with E-state index in [0.29, 0.717) is 23.8 Å². The maximum atomic E-state index is 12.4. The fourth-order valence-corrected chi connectivity index (χ4v) is 2.65. The summed E-state index contributed by atoms with van der Waals surface area (Å²) in [5, 5.41) is 3.67. The number of hydrogen-bond acceptors (Lipinski definition) is 4. The first-order chi connectivity index (χ1) is 8.67. The second-order valence-corrected chi connectivity index (χ2v) is 4.98. The summed E-state index contributed by atoms with van der Waals surface area (Å²) in [6.45, 7) is 5.26.